The smallest absolute Gasteiger partial charge is 0.159 e. The van der Waals surface area contributed by atoms with Crippen molar-refractivity contribution in [3.05, 3.63) is 41.7 Å². The predicted octanol–water partition coefficient (Wildman–Crippen LogP) is 2.68. The molecule has 4 heteroatoms. The fourth-order valence-electron chi connectivity index (χ4n) is 2.73. The fourth-order valence-corrected chi connectivity index (χ4v) is 2.73. The summed E-state index contributed by atoms with van der Waals surface area (Å²) in [6.07, 6.45) is 4.07. The third-order valence-corrected chi connectivity index (χ3v) is 3.86. The van der Waals surface area contributed by atoms with E-state index < -0.39 is 0 Å². The maximum absolute atomic E-state index is 13.2. The number of hydrogen-bond donors (Lipinski definition) is 0. The Hall–Kier alpha value is -1.23. The minimum absolute atomic E-state index is 0.0244. The quantitative estimate of drug-likeness (QED) is 0.844. The van der Waals surface area contributed by atoms with E-state index in [9.17, 15) is 4.39 Å². The van der Waals surface area contributed by atoms with Gasteiger partial charge in [0, 0.05) is 26.1 Å². The summed E-state index contributed by atoms with van der Waals surface area (Å²) in [6, 6.07) is 6.85. The molecular formula is C16H20FNO2. The summed E-state index contributed by atoms with van der Waals surface area (Å²) in [4.78, 5) is 2.38. The Morgan fingerprint density at radius 1 is 1.25 bits per heavy atom. The molecule has 0 radical (unpaired) electrons. The summed E-state index contributed by atoms with van der Waals surface area (Å²) in [7, 11) is 0. The maximum atomic E-state index is 13.2. The molecule has 0 atom stereocenters. The Bertz CT molecular complexity index is 483. The van der Waals surface area contributed by atoms with Crippen molar-refractivity contribution >= 4 is 5.57 Å². The van der Waals surface area contributed by atoms with Crippen LogP contribution >= 0.6 is 0 Å². The van der Waals surface area contributed by atoms with Crippen LogP contribution in [0.3, 0.4) is 0 Å². The van der Waals surface area contributed by atoms with E-state index in [0.717, 1.165) is 38.0 Å². The average molecular weight is 277 g/mol. The van der Waals surface area contributed by atoms with Gasteiger partial charge in [0.25, 0.3) is 0 Å². The fraction of sp³-hybridized carbons (Fsp3) is 0.500. The van der Waals surface area contributed by atoms with Crippen LogP contribution in [0.25, 0.3) is 5.57 Å². The molecule has 1 fully saturated rings. The topological polar surface area (TPSA) is 21.7 Å². The summed E-state index contributed by atoms with van der Waals surface area (Å²) in [5.74, 6) is -0.165. The van der Waals surface area contributed by atoms with Crippen molar-refractivity contribution in [3.63, 3.8) is 0 Å². The van der Waals surface area contributed by atoms with Gasteiger partial charge in [-0.25, -0.2) is 4.39 Å². The average Bonchev–Trinajstić information content (AvgIpc) is 2.99. The van der Waals surface area contributed by atoms with Crippen molar-refractivity contribution in [2.75, 3.05) is 32.8 Å². The molecule has 3 rings (SSSR count). The van der Waals surface area contributed by atoms with E-state index in [2.05, 4.69) is 11.0 Å². The Balaban J connectivity index is 1.52. The number of rotatable bonds is 4. The van der Waals surface area contributed by atoms with Gasteiger partial charge in [0.2, 0.25) is 0 Å². The molecule has 1 aromatic rings. The first-order valence-corrected chi connectivity index (χ1v) is 7.22. The van der Waals surface area contributed by atoms with E-state index in [1.54, 1.807) is 12.1 Å². The molecule has 1 saturated heterocycles. The summed E-state index contributed by atoms with van der Waals surface area (Å²) < 4.78 is 24.1. The molecule has 0 aromatic heterocycles. The highest BCUT2D eigenvalue weighted by atomic mass is 19.1. The van der Waals surface area contributed by atoms with Gasteiger partial charge < -0.3 is 9.47 Å². The molecule has 0 spiro atoms. The number of halogens is 1. The number of hydrogen-bond acceptors (Lipinski definition) is 3. The molecular weight excluding hydrogens is 257 g/mol. The van der Waals surface area contributed by atoms with Gasteiger partial charge in [-0.05, 0) is 29.7 Å². The van der Waals surface area contributed by atoms with Crippen LogP contribution in [0.15, 0.2) is 30.3 Å². The number of nitrogens with zero attached hydrogens (tertiary/aromatic N) is 1. The monoisotopic (exact) mass is 277 g/mol. The van der Waals surface area contributed by atoms with E-state index >= 15 is 0 Å². The van der Waals surface area contributed by atoms with Crippen molar-refractivity contribution in [3.8, 4) is 0 Å². The lowest BCUT2D eigenvalue weighted by Crippen LogP contribution is -2.31. The lowest BCUT2D eigenvalue weighted by Gasteiger charge is -2.27. The highest BCUT2D eigenvalue weighted by Crippen LogP contribution is 2.23. The molecule has 108 valence electrons. The molecule has 20 heavy (non-hydrogen) atoms. The van der Waals surface area contributed by atoms with Gasteiger partial charge in [-0.2, -0.15) is 0 Å². The lowest BCUT2D eigenvalue weighted by atomic mass is 9.99. The molecule has 0 bridgehead atoms. The predicted molar refractivity (Wildman–Crippen MR) is 75.7 cm³/mol. The van der Waals surface area contributed by atoms with Gasteiger partial charge in [0.15, 0.2) is 6.29 Å². The van der Waals surface area contributed by atoms with Crippen LogP contribution in [-0.2, 0) is 9.47 Å². The lowest BCUT2D eigenvalue weighted by molar-refractivity contribution is -0.0511. The van der Waals surface area contributed by atoms with Crippen LogP contribution in [0.1, 0.15) is 18.4 Å². The highest BCUT2D eigenvalue weighted by Gasteiger charge is 2.18. The molecule has 0 unspecified atom stereocenters. The molecule has 0 saturated carbocycles. The second-order valence-corrected chi connectivity index (χ2v) is 5.25. The van der Waals surface area contributed by atoms with Crippen molar-refractivity contribution in [1.82, 2.24) is 4.90 Å². The van der Waals surface area contributed by atoms with Crippen LogP contribution in [0.4, 0.5) is 4.39 Å². The highest BCUT2D eigenvalue weighted by molar-refractivity contribution is 5.66. The van der Waals surface area contributed by atoms with Gasteiger partial charge >= 0.3 is 0 Å². The Kier molecular flexibility index (Phi) is 4.45. The minimum atomic E-state index is -0.165. The molecule has 0 aliphatic carbocycles. The van der Waals surface area contributed by atoms with E-state index in [4.69, 9.17) is 9.47 Å². The first-order chi connectivity index (χ1) is 9.81. The first-order valence-electron chi connectivity index (χ1n) is 7.22. The normalized spacial score (nSPS) is 21.1. The van der Waals surface area contributed by atoms with Gasteiger partial charge in [-0.3, -0.25) is 4.90 Å². The largest absolute Gasteiger partial charge is 0.350 e. The zero-order valence-electron chi connectivity index (χ0n) is 11.6. The van der Waals surface area contributed by atoms with Crippen molar-refractivity contribution < 1.29 is 13.9 Å². The van der Waals surface area contributed by atoms with E-state index in [0.29, 0.717) is 13.2 Å². The molecule has 2 aliphatic rings. The van der Waals surface area contributed by atoms with Crippen molar-refractivity contribution in [2.45, 2.75) is 19.1 Å². The molecule has 0 amide bonds. The van der Waals surface area contributed by atoms with Crippen LogP contribution in [0.2, 0.25) is 0 Å². The zero-order valence-corrected chi connectivity index (χ0v) is 11.6. The SMILES string of the molecule is Fc1cccc(C2=CCN(CCC3OCCO3)CC2)c1. The summed E-state index contributed by atoms with van der Waals surface area (Å²) in [6.45, 7) is 4.34. The van der Waals surface area contributed by atoms with Crippen LogP contribution in [0.5, 0.6) is 0 Å². The van der Waals surface area contributed by atoms with Gasteiger partial charge in [-0.15, -0.1) is 0 Å². The molecule has 3 nitrogen and oxygen atoms in total. The summed E-state index contributed by atoms with van der Waals surface area (Å²) in [5.41, 5.74) is 2.25. The van der Waals surface area contributed by atoms with E-state index in [1.807, 2.05) is 6.07 Å². The Morgan fingerprint density at radius 2 is 2.10 bits per heavy atom. The van der Waals surface area contributed by atoms with E-state index in [-0.39, 0.29) is 12.1 Å². The second-order valence-electron chi connectivity index (χ2n) is 5.25. The van der Waals surface area contributed by atoms with Crippen molar-refractivity contribution in [1.29, 1.82) is 0 Å². The minimum Gasteiger partial charge on any atom is -0.350 e. The number of benzene rings is 1. The third-order valence-electron chi connectivity index (χ3n) is 3.86. The second kappa shape index (κ2) is 6.48. The van der Waals surface area contributed by atoms with Crippen LogP contribution in [0, 0.1) is 5.82 Å². The van der Waals surface area contributed by atoms with E-state index in [1.165, 1.54) is 11.6 Å². The van der Waals surface area contributed by atoms with Crippen molar-refractivity contribution in [2.24, 2.45) is 0 Å². The standard InChI is InChI=1S/C16H20FNO2/c17-15-3-1-2-14(12-15)13-4-7-18(8-5-13)9-6-16-19-10-11-20-16/h1-4,12,16H,5-11H2. The third kappa shape index (κ3) is 3.45. The number of ether oxygens (including phenoxy) is 2. The summed E-state index contributed by atoms with van der Waals surface area (Å²) in [5, 5.41) is 0. The zero-order chi connectivity index (χ0) is 13.8. The Labute approximate surface area is 119 Å². The van der Waals surface area contributed by atoms with Gasteiger partial charge in [0.1, 0.15) is 5.82 Å². The van der Waals surface area contributed by atoms with Crippen LogP contribution in [-0.4, -0.2) is 44.0 Å². The maximum Gasteiger partial charge on any atom is 0.159 e. The molecule has 1 aromatic carbocycles. The van der Waals surface area contributed by atoms with Gasteiger partial charge in [0.05, 0.1) is 13.2 Å². The summed E-state index contributed by atoms with van der Waals surface area (Å²) >= 11 is 0. The molecule has 0 N–H and O–H groups in total. The van der Waals surface area contributed by atoms with Gasteiger partial charge in [-0.1, -0.05) is 18.2 Å². The first kappa shape index (κ1) is 13.7. The molecule has 2 heterocycles. The Morgan fingerprint density at radius 3 is 2.80 bits per heavy atom. The van der Waals surface area contributed by atoms with Crippen LogP contribution < -0.4 is 0 Å². The molecule has 2 aliphatic heterocycles.